The SMILES string of the molecule is CCCCCCCC(=O)c1ccncc1OC. The van der Waals surface area contributed by atoms with Gasteiger partial charge in [-0.05, 0) is 12.5 Å². The fraction of sp³-hybridized carbons (Fsp3) is 0.571. The van der Waals surface area contributed by atoms with Crippen LogP contribution >= 0.6 is 0 Å². The minimum atomic E-state index is 0.153. The Morgan fingerprint density at radius 1 is 1.29 bits per heavy atom. The highest BCUT2D eigenvalue weighted by Gasteiger charge is 2.11. The number of pyridine rings is 1. The molecule has 0 aromatic carbocycles. The number of nitrogens with zero attached hydrogens (tertiary/aromatic N) is 1. The maximum Gasteiger partial charge on any atom is 0.166 e. The van der Waals surface area contributed by atoms with Crippen molar-refractivity contribution in [1.29, 1.82) is 0 Å². The van der Waals surface area contributed by atoms with Gasteiger partial charge in [-0.3, -0.25) is 9.78 Å². The highest BCUT2D eigenvalue weighted by Crippen LogP contribution is 2.19. The van der Waals surface area contributed by atoms with Crippen LogP contribution in [-0.4, -0.2) is 17.9 Å². The number of aromatic nitrogens is 1. The average Bonchev–Trinajstić information content (AvgIpc) is 2.38. The Balaban J connectivity index is 2.41. The van der Waals surface area contributed by atoms with E-state index in [1.807, 2.05) is 0 Å². The van der Waals surface area contributed by atoms with E-state index in [4.69, 9.17) is 4.74 Å². The molecule has 3 heteroatoms. The van der Waals surface area contributed by atoms with E-state index in [2.05, 4.69) is 11.9 Å². The van der Waals surface area contributed by atoms with Crippen LogP contribution in [0.2, 0.25) is 0 Å². The minimum absolute atomic E-state index is 0.153. The number of ether oxygens (including phenoxy) is 1. The lowest BCUT2D eigenvalue weighted by Gasteiger charge is -2.06. The van der Waals surface area contributed by atoms with Gasteiger partial charge < -0.3 is 4.74 Å². The summed E-state index contributed by atoms with van der Waals surface area (Å²) in [7, 11) is 1.56. The Kier molecular flexibility index (Phi) is 6.30. The summed E-state index contributed by atoms with van der Waals surface area (Å²) in [6.07, 6.45) is 9.62. The molecule has 0 spiro atoms. The van der Waals surface area contributed by atoms with Crippen LogP contribution in [0.4, 0.5) is 0 Å². The van der Waals surface area contributed by atoms with Gasteiger partial charge in [-0.15, -0.1) is 0 Å². The van der Waals surface area contributed by atoms with Gasteiger partial charge in [0, 0.05) is 12.6 Å². The first-order valence-corrected chi connectivity index (χ1v) is 6.30. The summed E-state index contributed by atoms with van der Waals surface area (Å²) < 4.78 is 5.13. The van der Waals surface area contributed by atoms with Crippen molar-refractivity contribution in [1.82, 2.24) is 4.98 Å². The Labute approximate surface area is 103 Å². The number of rotatable bonds is 8. The van der Waals surface area contributed by atoms with E-state index in [-0.39, 0.29) is 5.78 Å². The molecule has 0 aliphatic rings. The second-order valence-corrected chi connectivity index (χ2v) is 4.16. The fourth-order valence-electron chi connectivity index (χ4n) is 1.80. The van der Waals surface area contributed by atoms with Crippen molar-refractivity contribution >= 4 is 5.78 Å². The second-order valence-electron chi connectivity index (χ2n) is 4.16. The quantitative estimate of drug-likeness (QED) is 0.510. The number of hydrogen-bond donors (Lipinski definition) is 0. The van der Waals surface area contributed by atoms with Crippen molar-refractivity contribution in [3.8, 4) is 5.75 Å². The molecule has 17 heavy (non-hydrogen) atoms. The Bertz CT molecular complexity index is 350. The molecule has 0 fully saturated rings. The molecule has 0 N–H and O–H groups in total. The molecular weight excluding hydrogens is 214 g/mol. The first kappa shape index (κ1) is 13.7. The van der Waals surface area contributed by atoms with Crippen molar-refractivity contribution < 1.29 is 9.53 Å². The average molecular weight is 235 g/mol. The third-order valence-corrected chi connectivity index (χ3v) is 2.81. The normalized spacial score (nSPS) is 10.2. The number of hydrogen-bond acceptors (Lipinski definition) is 3. The number of unbranched alkanes of at least 4 members (excludes halogenated alkanes) is 4. The van der Waals surface area contributed by atoms with E-state index in [9.17, 15) is 4.79 Å². The van der Waals surface area contributed by atoms with Crippen LogP contribution < -0.4 is 4.74 Å². The number of methoxy groups -OCH3 is 1. The van der Waals surface area contributed by atoms with Gasteiger partial charge in [0.1, 0.15) is 5.75 Å². The summed E-state index contributed by atoms with van der Waals surface area (Å²) in [5, 5.41) is 0. The number of carbonyl (C=O) groups is 1. The van der Waals surface area contributed by atoms with Gasteiger partial charge in [-0.2, -0.15) is 0 Å². The molecule has 1 heterocycles. The standard InChI is InChI=1S/C14H21NO2/c1-3-4-5-6-7-8-13(16)12-9-10-15-11-14(12)17-2/h9-11H,3-8H2,1-2H3. The van der Waals surface area contributed by atoms with Gasteiger partial charge in [0.25, 0.3) is 0 Å². The molecule has 0 amide bonds. The zero-order valence-electron chi connectivity index (χ0n) is 10.7. The number of carbonyl (C=O) groups excluding carboxylic acids is 1. The zero-order valence-corrected chi connectivity index (χ0v) is 10.7. The van der Waals surface area contributed by atoms with Crippen LogP contribution in [0.5, 0.6) is 5.75 Å². The van der Waals surface area contributed by atoms with Gasteiger partial charge in [0.05, 0.1) is 18.9 Å². The van der Waals surface area contributed by atoms with Gasteiger partial charge in [-0.25, -0.2) is 0 Å². The van der Waals surface area contributed by atoms with E-state index in [0.717, 1.165) is 12.8 Å². The van der Waals surface area contributed by atoms with Gasteiger partial charge >= 0.3 is 0 Å². The third-order valence-electron chi connectivity index (χ3n) is 2.81. The summed E-state index contributed by atoms with van der Waals surface area (Å²) in [6.45, 7) is 2.19. The summed E-state index contributed by atoms with van der Waals surface area (Å²) in [6, 6.07) is 1.73. The third kappa shape index (κ3) is 4.55. The lowest BCUT2D eigenvalue weighted by atomic mass is 10.0. The van der Waals surface area contributed by atoms with Gasteiger partial charge in [-0.1, -0.05) is 32.6 Å². The van der Waals surface area contributed by atoms with Crippen LogP contribution in [0, 0.1) is 0 Å². The Hall–Kier alpha value is -1.38. The molecule has 0 aliphatic carbocycles. The monoisotopic (exact) mass is 235 g/mol. The molecule has 1 aromatic rings. The topological polar surface area (TPSA) is 39.2 Å². The highest BCUT2D eigenvalue weighted by atomic mass is 16.5. The van der Waals surface area contributed by atoms with Crippen LogP contribution in [0.25, 0.3) is 0 Å². The van der Waals surface area contributed by atoms with Gasteiger partial charge in [0.2, 0.25) is 0 Å². The lowest BCUT2D eigenvalue weighted by molar-refractivity contribution is 0.0976. The maximum absolute atomic E-state index is 11.9. The molecule has 0 bridgehead atoms. The second kappa shape index (κ2) is 7.82. The number of Topliss-reactive ketones (excluding diaryl/α,β-unsaturated/α-hetero) is 1. The highest BCUT2D eigenvalue weighted by molar-refractivity contribution is 5.98. The molecule has 1 aromatic heterocycles. The summed E-state index contributed by atoms with van der Waals surface area (Å²) in [4.78, 5) is 15.9. The van der Waals surface area contributed by atoms with Crippen molar-refractivity contribution in [2.45, 2.75) is 45.4 Å². The molecule has 3 nitrogen and oxygen atoms in total. The maximum atomic E-state index is 11.9. The van der Waals surface area contributed by atoms with E-state index in [1.54, 1.807) is 25.6 Å². The van der Waals surface area contributed by atoms with E-state index in [1.165, 1.54) is 19.3 Å². The zero-order chi connectivity index (χ0) is 12.5. The molecule has 0 atom stereocenters. The van der Waals surface area contributed by atoms with Crippen LogP contribution in [0.1, 0.15) is 55.8 Å². The summed E-state index contributed by atoms with van der Waals surface area (Å²) in [5.74, 6) is 0.729. The van der Waals surface area contributed by atoms with Crippen molar-refractivity contribution in [2.75, 3.05) is 7.11 Å². The molecule has 0 aliphatic heterocycles. The lowest BCUT2D eigenvalue weighted by Crippen LogP contribution is -2.02. The van der Waals surface area contributed by atoms with Crippen molar-refractivity contribution in [2.24, 2.45) is 0 Å². The number of ketones is 1. The largest absolute Gasteiger partial charge is 0.494 e. The molecular formula is C14H21NO2. The molecule has 94 valence electrons. The summed E-state index contributed by atoms with van der Waals surface area (Å²) in [5.41, 5.74) is 0.651. The van der Waals surface area contributed by atoms with Crippen LogP contribution in [-0.2, 0) is 0 Å². The molecule has 0 saturated carbocycles. The van der Waals surface area contributed by atoms with E-state index in [0.29, 0.717) is 17.7 Å². The Morgan fingerprint density at radius 3 is 2.76 bits per heavy atom. The van der Waals surface area contributed by atoms with Crippen LogP contribution in [0.3, 0.4) is 0 Å². The minimum Gasteiger partial charge on any atom is -0.494 e. The first-order valence-electron chi connectivity index (χ1n) is 6.30. The van der Waals surface area contributed by atoms with Crippen molar-refractivity contribution in [3.63, 3.8) is 0 Å². The van der Waals surface area contributed by atoms with E-state index < -0.39 is 0 Å². The molecule has 0 radical (unpaired) electrons. The van der Waals surface area contributed by atoms with E-state index >= 15 is 0 Å². The predicted molar refractivity (Wildman–Crippen MR) is 68.5 cm³/mol. The smallest absolute Gasteiger partial charge is 0.166 e. The fourth-order valence-corrected chi connectivity index (χ4v) is 1.80. The first-order chi connectivity index (χ1) is 8.29. The molecule has 0 unspecified atom stereocenters. The molecule has 0 saturated heterocycles. The Morgan fingerprint density at radius 2 is 2.06 bits per heavy atom. The van der Waals surface area contributed by atoms with Gasteiger partial charge in [0.15, 0.2) is 5.78 Å². The van der Waals surface area contributed by atoms with Crippen molar-refractivity contribution in [3.05, 3.63) is 24.0 Å². The summed E-state index contributed by atoms with van der Waals surface area (Å²) >= 11 is 0. The predicted octanol–water partition coefficient (Wildman–Crippen LogP) is 3.63. The van der Waals surface area contributed by atoms with Crippen LogP contribution in [0.15, 0.2) is 18.5 Å². The molecule has 1 rings (SSSR count).